The van der Waals surface area contributed by atoms with E-state index < -0.39 is 40.3 Å². The Morgan fingerprint density at radius 2 is 2.09 bits per heavy atom. The van der Waals surface area contributed by atoms with Crippen LogP contribution in [0.5, 0.6) is 0 Å². The van der Waals surface area contributed by atoms with Crippen LogP contribution in [-0.4, -0.2) is 92.4 Å². The SMILES string of the molecule is CN(C)C(=O)C1c2c(c(C(=O)Nc3cnn(CCN)c3)nn2C)C2CN1C(=O)N2OS(=O)(=O)O. The molecular formula is C17H23N9O7S. The lowest BCUT2D eigenvalue weighted by atomic mass is 9.94. The molecule has 1 fully saturated rings. The minimum Gasteiger partial charge on any atom is -0.347 e. The Kier molecular flexibility index (Phi) is 5.80. The van der Waals surface area contributed by atoms with E-state index >= 15 is 0 Å². The van der Waals surface area contributed by atoms with E-state index in [0.29, 0.717) is 23.8 Å². The molecule has 4 amide bonds. The zero-order valence-electron chi connectivity index (χ0n) is 18.4. The summed E-state index contributed by atoms with van der Waals surface area (Å²) in [7, 11) is -0.604. The molecule has 0 saturated carbocycles. The number of hydrogen-bond donors (Lipinski definition) is 3. The van der Waals surface area contributed by atoms with Gasteiger partial charge in [0.1, 0.15) is 6.04 Å². The molecule has 4 N–H and O–H groups in total. The number of nitrogens with one attached hydrogen (secondary N) is 1. The number of amides is 4. The maximum atomic E-state index is 13.2. The van der Waals surface area contributed by atoms with E-state index in [0.717, 1.165) is 4.90 Å². The summed E-state index contributed by atoms with van der Waals surface area (Å²) in [5.41, 5.74) is 6.05. The normalized spacial score (nSPS) is 19.4. The van der Waals surface area contributed by atoms with E-state index in [4.69, 9.17) is 5.73 Å². The van der Waals surface area contributed by atoms with Crippen LogP contribution in [0.4, 0.5) is 10.5 Å². The van der Waals surface area contributed by atoms with Crippen molar-refractivity contribution in [3.63, 3.8) is 0 Å². The number of hydrogen-bond acceptors (Lipinski definition) is 9. The van der Waals surface area contributed by atoms with E-state index in [1.54, 1.807) is 6.20 Å². The number of carbonyl (C=O) groups is 3. The van der Waals surface area contributed by atoms with Crippen LogP contribution in [0.15, 0.2) is 12.4 Å². The number of nitrogens with zero attached hydrogens (tertiary/aromatic N) is 7. The highest BCUT2D eigenvalue weighted by atomic mass is 32.3. The molecule has 2 aliphatic rings. The van der Waals surface area contributed by atoms with Crippen molar-refractivity contribution in [3.8, 4) is 0 Å². The summed E-state index contributed by atoms with van der Waals surface area (Å²) >= 11 is 0. The molecule has 0 spiro atoms. The Balaban J connectivity index is 1.79. The van der Waals surface area contributed by atoms with Crippen LogP contribution in [0, 0.1) is 0 Å². The first kappa shape index (κ1) is 23.6. The van der Waals surface area contributed by atoms with Gasteiger partial charge in [-0.15, -0.1) is 4.28 Å². The summed E-state index contributed by atoms with van der Waals surface area (Å²) in [6.07, 6.45) is 2.98. The lowest BCUT2D eigenvalue weighted by Crippen LogP contribution is -2.44. The average Bonchev–Trinajstić information content (AvgIpc) is 3.40. The number of fused-ring (bicyclic) bond motifs is 4. The van der Waals surface area contributed by atoms with Crippen LogP contribution in [0.25, 0.3) is 0 Å². The van der Waals surface area contributed by atoms with Crippen LogP contribution >= 0.6 is 0 Å². The van der Waals surface area contributed by atoms with Gasteiger partial charge < -0.3 is 20.9 Å². The molecule has 2 aromatic heterocycles. The van der Waals surface area contributed by atoms with Gasteiger partial charge in [-0.2, -0.15) is 23.7 Å². The minimum absolute atomic E-state index is 0.125. The second kappa shape index (κ2) is 8.35. The monoisotopic (exact) mass is 497 g/mol. The first-order valence-electron chi connectivity index (χ1n) is 10.0. The molecule has 34 heavy (non-hydrogen) atoms. The zero-order valence-corrected chi connectivity index (χ0v) is 19.3. The average molecular weight is 497 g/mol. The first-order chi connectivity index (χ1) is 15.9. The predicted octanol–water partition coefficient (Wildman–Crippen LogP) is -1.52. The third-order valence-corrected chi connectivity index (χ3v) is 5.78. The molecule has 0 aliphatic carbocycles. The molecule has 4 rings (SSSR count). The molecule has 2 atom stereocenters. The Morgan fingerprint density at radius 1 is 1.38 bits per heavy atom. The number of rotatable bonds is 7. The summed E-state index contributed by atoms with van der Waals surface area (Å²) < 4.78 is 39.3. The molecule has 184 valence electrons. The van der Waals surface area contributed by atoms with Gasteiger partial charge in [0.2, 0.25) is 0 Å². The quantitative estimate of drug-likeness (QED) is 0.378. The summed E-state index contributed by atoms with van der Waals surface area (Å²) in [6, 6.07) is -3.30. The van der Waals surface area contributed by atoms with Crippen LogP contribution in [-0.2, 0) is 33.1 Å². The topological polar surface area (TPSA) is 198 Å². The van der Waals surface area contributed by atoms with Gasteiger partial charge >= 0.3 is 16.4 Å². The van der Waals surface area contributed by atoms with E-state index in [9.17, 15) is 27.4 Å². The summed E-state index contributed by atoms with van der Waals surface area (Å²) in [6.45, 7) is 0.608. The molecule has 1 saturated heterocycles. The number of carbonyl (C=O) groups excluding carboxylic acids is 3. The third-order valence-electron chi connectivity index (χ3n) is 5.43. The smallest absolute Gasteiger partial charge is 0.347 e. The van der Waals surface area contributed by atoms with Crippen molar-refractivity contribution in [1.29, 1.82) is 0 Å². The third kappa shape index (κ3) is 3.98. The number of anilines is 1. The number of nitrogens with two attached hydrogens (primary N) is 1. The second-order valence-electron chi connectivity index (χ2n) is 7.92. The predicted molar refractivity (Wildman–Crippen MR) is 113 cm³/mol. The fraction of sp³-hybridized carbons (Fsp3) is 0.471. The Hall–Kier alpha value is -3.54. The molecule has 2 bridgehead atoms. The van der Waals surface area contributed by atoms with Crippen molar-refractivity contribution in [3.05, 3.63) is 29.3 Å². The van der Waals surface area contributed by atoms with E-state index in [-0.39, 0.29) is 23.5 Å². The molecule has 2 aromatic rings. The van der Waals surface area contributed by atoms with Crippen molar-refractivity contribution < 1.29 is 31.6 Å². The Labute approximate surface area is 193 Å². The summed E-state index contributed by atoms with van der Waals surface area (Å²) in [5, 5.41) is 11.4. The van der Waals surface area contributed by atoms with Gasteiger partial charge in [-0.1, -0.05) is 0 Å². The highest BCUT2D eigenvalue weighted by Crippen LogP contribution is 2.46. The van der Waals surface area contributed by atoms with Gasteiger partial charge in [-0.3, -0.25) is 23.5 Å². The Morgan fingerprint density at radius 3 is 2.71 bits per heavy atom. The highest BCUT2D eigenvalue weighted by Gasteiger charge is 2.55. The van der Waals surface area contributed by atoms with E-state index in [1.165, 1.54) is 41.6 Å². The molecule has 0 radical (unpaired) electrons. The maximum Gasteiger partial charge on any atom is 0.418 e. The van der Waals surface area contributed by atoms with Crippen molar-refractivity contribution >= 4 is 33.9 Å². The molecule has 0 aromatic carbocycles. The number of aryl methyl sites for hydroxylation is 1. The molecule has 2 unspecified atom stereocenters. The number of aromatic nitrogens is 4. The Bertz CT molecular complexity index is 1270. The maximum absolute atomic E-state index is 13.2. The number of likely N-dealkylation sites (N-methyl/N-ethyl adjacent to an activating group) is 1. The fourth-order valence-corrected chi connectivity index (χ4v) is 4.47. The van der Waals surface area contributed by atoms with Crippen LogP contribution in [0.1, 0.15) is 33.8 Å². The standard InChI is InChI=1S/C17H23N9O7S/c1-22(2)16(28)14-13-11(10-8-25(14)17(29)26(10)33-34(30,31)32)12(21-23(13)3)15(27)20-9-6-19-24(7-9)5-4-18/h6-7,10,14H,4-5,8,18H2,1-3H3,(H,20,27)(H,30,31,32). The van der Waals surface area contributed by atoms with Gasteiger partial charge in [0, 0.05) is 39.4 Å². The van der Waals surface area contributed by atoms with E-state index in [2.05, 4.69) is 19.8 Å². The molecular weight excluding hydrogens is 474 g/mol. The fourth-order valence-electron chi connectivity index (χ4n) is 4.10. The summed E-state index contributed by atoms with van der Waals surface area (Å²) in [4.78, 5) is 41.5. The minimum atomic E-state index is -5.08. The lowest BCUT2D eigenvalue weighted by molar-refractivity contribution is -0.134. The van der Waals surface area contributed by atoms with Crippen molar-refractivity contribution in [1.82, 2.24) is 34.4 Å². The zero-order chi connectivity index (χ0) is 24.9. The van der Waals surface area contributed by atoms with Gasteiger partial charge in [0.05, 0.1) is 30.7 Å². The lowest BCUT2D eigenvalue weighted by Gasteiger charge is -2.31. The van der Waals surface area contributed by atoms with Crippen LogP contribution < -0.4 is 11.1 Å². The van der Waals surface area contributed by atoms with Crippen molar-refractivity contribution in [2.24, 2.45) is 12.8 Å². The van der Waals surface area contributed by atoms with Crippen molar-refractivity contribution in [2.45, 2.75) is 18.6 Å². The molecule has 16 nitrogen and oxygen atoms in total. The molecule has 17 heteroatoms. The number of urea groups is 1. The first-order valence-corrected chi connectivity index (χ1v) is 11.4. The summed E-state index contributed by atoms with van der Waals surface area (Å²) in [5.74, 6) is -1.18. The van der Waals surface area contributed by atoms with Crippen molar-refractivity contribution in [2.75, 3.05) is 32.5 Å². The number of hydroxylamine groups is 2. The van der Waals surface area contributed by atoms with Gasteiger partial charge in [-0.05, 0) is 0 Å². The van der Waals surface area contributed by atoms with Gasteiger partial charge in [-0.25, -0.2) is 4.79 Å². The van der Waals surface area contributed by atoms with Gasteiger partial charge in [0.25, 0.3) is 11.8 Å². The largest absolute Gasteiger partial charge is 0.418 e. The highest BCUT2D eigenvalue weighted by molar-refractivity contribution is 7.80. The second-order valence-corrected chi connectivity index (χ2v) is 8.92. The molecule has 2 aliphatic heterocycles. The van der Waals surface area contributed by atoms with Crippen LogP contribution in [0.3, 0.4) is 0 Å². The van der Waals surface area contributed by atoms with E-state index in [1.807, 2.05) is 0 Å². The molecule has 4 heterocycles. The van der Waals surface area contributed by atoms with Crippen LogP contribution in [0.2, 0.25) is 0 Å². The van der Waals surface area contributed by atoms with Gasteiger partial charge in [0.15, 0.2) is 11.7 Å².